The number of hydrogen-bond acceptors (Lipinski definition) is 5. The Balaban J connectivity index is 4.64. The molecule has 0 spiro atoms. The van der Waals surface area contributed by atoms with Crippen molar-refractivity contribution in [3.63, 3.8) is 0 Å². The Morgan fingerprint density at radius 3 is 1.14 bits per heavy atom. The third-order valence-electron chi connectivity index (χ3n) is 1.56. The van der Waals surface area contributed by atoms with E-state index in [0.717, 1.165) is 0 Å². The summed E-state index contributed by atoms with van der Waals surface area (Å²) in [5.74, 6) is -6.23. The van der Waals surface area contributed by atoms with Crippen LogP contribution in [0.4, 0.5) is 0 Å². The van der Waals surface area contributed by atoms with E-state index in [0.29, 0.717) is 0 Å². The highest BCUT2D eigenvalue weighted by Gasteiger charge is 2.30. The van der Waals surface area contributed by atoms with Crippen molar-refractivity contribution in [1.29, 1.82) is 0 Å². The minimum absolute atomic E-state index is 0.155. The average Bonchev–Trinajstić information content (AvgIpc) is 2.23. The molecular formula is C9H10O5. The van der Waals surface area contributed by atoms with Crippen LogP contribution in [-0.4, -0.2) is 28.9 Å². The largest absolute Gasteiger partial charge is 0.290 e. The predicted molar refractivity (Wildman–Crippen MR) is 45.6 cm³/mol. The first-order valence-corrected chi connectivity index (χ1v) is 4.14. The maximum atomic E-state index is 10.9. The zero-order chi connectivity index (χ0) is 11.3. The number of carbonyl (C=O) groups is 5. The van der Waals surface area contributed by atoms with Gasteiger partial charge in [0, 0.05) is 12.8 Å². The van der Waals surface area contributed by atoms with Gasteiger partial charge in [-0.1, -0.05) is 13.8 Å². The summed E-state index contributed by atoms with van der Waals surface area (Å²) >= 11 is 0. The van der Waals surface area contributed by atoms with Crippen molar-refractivity contribution in [2.75, 3.05) is 0 Å². The third-order valence-corrected chi connectivity index (χ3v) is 1.56. The summed E-state index contributed by atoms with van der Waals surface area (Å²) in [5.41, 5.74) is 0. The van der Waals surface area contributed by atoms with Gasteiger partial charge in [-0.15, -0.1) is 0 Å². The SMILES string of the molecule is CCC(=O)C(=O)C(=O)C(=O)C(=O)CC. The molecule has 0 aromatic heterocycles. The monoisotopic (exact) mass is 198 g/mol. The second-order valence-electron chi connectivity index (χ2n) is 2.54. The van der Waals surface area contributed by atoms with E-state index in [1.165, 1.54) is 13.8 Å². The molecule has 0 amide bonds. The van der Waals surface area contributed by atoms with Crippen molar-refractivity contribution in [2.45, 2.75) is 26.7 Å². The van der Waals surface area contributed by atoms with Crippen LogP contribution in [0.15, 0.2) is 0 Å². The summed E-state index contributed by atoms with van der Waals surface area (Å²) in [7, 11) is 0. The van der Waals surface area contributed by atoms with E-state index in [9.17, 15) is 24.0 Å². The Bertz CT molecular complexity index is 283. The zero-order valence-electron chi connectivity index (χ0n) is 7.96. The van der Waals surface area contributed by atoms with Gasteiger partial charge in [-0.25, -0.2) is 0 Å². The average molecular weight is 198 g/mol. The second kappa shape index (κ2) is 5.16. The molecule has 0 heterocycles. The molecule has 0 rings (SSSR count). The molecule has 0 aromatic rings. The highest BCUT2D eigenvalue weighted by molar-refractivity contribution is 6.86. The van der Waals surface area contributed by atoms with Crippen LogP contribution in [0.1, 0.15) is 26.7 Å². The maximum Gasteiger partial charge on any atom is 0.280 e. The number of hydrogen-bond donors (Lipinski definition) is 0. The predicted octanol–water partition coefficient (Wildman–Crippen LogP) is -0.348. The fraction of sp³-hybridized carbons (Fsp3) is 0.444. The van der Waals surface area contributed by atoms with Gasteiger partial charge in [0.25, 0.3) is 17.3 Å². The zero-order valence-corrected chi connectivity index (χ0v) is 7.96. The van der Waals surface area contributed by atoms with E-state index in [-0.39, 0.29) is 12.8 Å². The Kier molecular flexibility index (Phi) is 4.55. The van der Waals surface area contributed by atoms with Gasteiger partial charge < -0.3 is 0 Å². The molecule has 0 aliphatic rings. The van der Waals surface area contributed by atoms with Crippen LogP contribution in [-0.2, 0) is 24.0 Å². The van der Waals surface area contributed by atoms with Gasteiger partial charge in [0.1, 0.15) is 0 Å². The number of carbonyl (C=O) groups excluding carboxylic acids is 5. The minimum Gasteiger partial charge on any atom is -0.290 e. The Labute approximate surface area is 80.5 Å². The lowest BCUT2D eigenvalue weighted by molar-refractivity contribution is -0.150. The third kappa shape index (κ3) is 2.69. The molecule has 0 radical (unpaired) electrons. The number of rotatable bonds is 6. The van der Waals surface area contributed by atoms with Crippen molar-refractivity contribution in [2.24, 2.45) is 0 Å². The van der Waals surface area contributed by atoms with Crippen molar-refractivity contribution in [3.8, 4) is 0 Å². The van der Waals surface area contributed by atoms with Crippen LogP contribution < -0.4 is 0 Å². The van der Waals surface area contributed by atoms with Crippen LogP contribution in [0.25, 0.3) is 0 Å². The molecule has 0 aromatic carbocycles. The maximum absolute atomic E-state index is 10.9. The van der Waals surface area contributed by atoms with Gasteiger partial charge in [-0.3, -0.25) is 24.0 Å². The summed E-state index contributed by atoms with van der Waals surface area (Å²) in [6, 6.07) is 0. The normalized spacial score (nSPS) is 9.29. The van der Waals surface area contributed by atoms with Crippen molar-refractivity contribution in [3.05, 3.63) is 0 Å². The first-order valence-electron chi connectivity index (χ1n) is 4.14. The van der Waals surface area contributed by atoms with Crippen molar-refractivity contribution >= 4 is 28.9 Å². The van der Waals surface area contributed by atoms with E-state index in [2.05, 4.69) is 0 Å². The fourth-order valence-electron chi connectivity index (χ4n) is 0.677. The number of Topliss-reactive ketones (excluding diaryl/α,β-unsaturated/α-hetero) is 5. The van der Waals surface area contributed by atoms with Gasteiger partial charge in [0.05, 0.1) is 0 Å². The van der Waals surface area contributed by atoms with Crippen LogP contribution in [0.5, 0.6) is 0 Å². The van der Waals surface area contributed by atoms with Gasteiger partial charge >= 0.3 is 0 Å². The Morgan fingerprint density at radius 2 is 0.929 bits per heavy atom. The smallest absolute Gasteiger partial charge is 0.280 e. The van der Waals surface area contributed by atoms with Crippen LogP contribution in [0, 0.1) is 0 Å². The summed E-state index contributed by atoms with van der Waals surface area (Å²) in [6.07, 6.45) is -0.309. The standard InChI is InChI=1S/C9H10O5/c1-3-5(10)7(12)9(14)8(13)6(11)4-2/h3-4H2,1-2H3. The Hall–Kier alpha value is -1.65. The summed E-state index contributed by atoms with van der Waals surface area (Å²) in [5, 5.41) is 0. The molecule has 5 heteroatoms. The van der Waals surface area contributed by atoms with Gasteiger partial charge in [0.15, 0.2) is 0 Å². The molecule has 0 saturated heterocycles. The molecular weight excluding hydrogens is 188 g/mol. The Morgan fingerprint density at radius 1 is 0.643 bits per heavy atom. The highest BCUT2D eigenvalue weighted by atomic mass is 16.2. The molecule has 14 heavy (non-hydrogen) atoms. The molecule has 0 bridgehead atoms. The van der Waals surface area contributed by atoms with Gasteiger partial charge in [-0.2, -0.15) is 0 Å². The van der Waals surface area contributed by atoms with Crippen molar-refractivity contribution < 1.29 is 24.0 Å². The second-order valence-corrected chi connectivity index (χ2v) is 2.54. The van der Waals surface area contributed by atoms with Crippen LogP contribution in [0.3, 0.4) is 0 Å². The molecule has 0 N–H and O–H groups in total. The quantitative estimate of drug-likeness (QED) is 0.430. The lowest BCUT2D eigenvalue weighted by atomic mass is 10.0. The first kappa shape index (κ1) is 12.3. The topological polar surface area (TPSA) is 85.3 Å². The van der Waals surface area contributed by atoms with E-state index < -0.39 is 28.9 Å². The highest BCUT2D eigenvalue weighted by Crippen LogP contribution is 1.91. The molecule has 76 valence electrons. The summed E-state index contributed by atoms with van der Waals surface area (Å²) < 4.78 is 0. The van der Waals surface area contributed by atoms with E-state index in [1.54, 1.807) is 0 Å². The minimum atomic E-state index is -1.52. The van der Waals surface area contributed by atoms with Crippen LogP contribution in [0.2, 0.25) is 0 Å². The lowest BCUT2D eigenvalue weighted by Gasteiger charge is -1.94. The van der Waals surface area contributed by atoms with Gasteiger partial charge in [0.2, 0.25) is 11.6 Å². The first-order chi connectivity index (χ1) is 6.45. The number of ketones is 5. The van der Waals surface area contributed by atoms with Gasteiger partial charge in [-0.05, 0) is 0 Å². The lowest BCUT2D eigenvalue weighted by Crippen LogP contribution is -2.34. The molecule has 0 aliphatic heterocycles. The molecule has 0 saturated carbocycles. The van der Waals surface area contributed by atoms with E-state index in [4.69, 9.17) is 0 Å². The summed E-state index contributed by atoms with van der Waals surface area (Å²) in [4.78, 5) is 54.1. The van der Waals surface area contributed by atoms with E-state index in [1.807, 2.05) is 0 Å². The van der Waals surface area contributed by atoms with Crippen molar-refractivity contribution in [1.82, 2.24) is 0 Å². The van der Waals surface area contributed by atoms with Crippen LogP contribution >= 0.6 is 0 Å². The van der Waals surface area contributed by atoms with E-state index >= 15 is 0 Å². The molecule has 0 unspecified atom stereocenters. The summed E-state index contributed by atoms with van der Waals surface area (Å²) in [6.45, 7) is 2.78. The molecule has 0 aliphatic carbocycles. The molecule has 0 atom stereocenters. The fourth-order valence-corrected chi connectivity index (χ4v) is 0.677. The molecule has 0 fully saturated rings. The molecule has 5 nitrogen and oxygen atoms in total.